The van der Waals surface area contributed by atoms with Gasteiger partial charge in [0, 0.05) is 6.54 Å². The Kier molecular flexibility index (Phi) is 3.21. The van der Waals surface area contributed by atoms with Crippen LogP contribution in [0, 0.1) is 0 Å². The SMILES string of the molecule is NC1NC2N(CCC=CC23SCCCS3)N1. The number of hydrogen-bond donors (Lipinski definition) is 3. The van der Waals surface area contributed by atoms with Crippen molar-refractivity contribution in [3.05, 3.63) is 12.2 Å². The van der Waals surface area contributed by atoms with E-state index in [0.29, 0.717) is 6.17 Å². The fourth-order valence-electron chi connectivity index (χ4n) is 2.45. The van der Waals surface area contributed by atoms with Gasteiger partial charge in [-0.25, -0.2) is 10.4 Å². The van der Waals surface area contributed by atoms with Gasteiger partial charge in [0.05, 0.1) is 0 Å². The lowest BCUT2D eigenvalue weighted by atomic mass is 10.3. The second-order valence-electron chi connectivity index (χ2n) is 4.33. The lowest BCUT2D eigenvalue weighted by Gasteiger charge is -2.40. The van der Waals surface area contributed by atoms with Crippen LogP contribution in [0.1, 0.15) is 12.8 Å². The number of hydrazine groups is 1. The molecule has 16 heavy (non-hydrogen) atoms. The fourth-order valence-corrected chi connectivity index (χ4v) is 5.77. The van der Waals surface area contributed by atoms with Crippen LogP contribution in [0.25, 0.3) is 0 Å². The van der Waals surface area contributed by atoms with Gasteiger partial charge in [-0.2, -0.15) is 0 Å². The largest absolute Gasteiger partial charge is 0.303 e. The van der Waals surface area contributed by atoms with Crippen LogP contribution in [0.4, 0.5) is 0 Å². The molecule has 3 aliphatic rings. The Bertz CT molecular complexity index is 291. The predicted molar refractivity (Wildman–Crippen MR) is 70.8 cm³/mol. The van der Waals surface area contributed by atoms with Gasteiger partial charge in [-0.15, -0.1) is 23.5 Å². The second-order valence-corrected chi connectivity index (χ2v) is 7.34. The third kappa shape index (κ3) is 1.91. The number of nitrogens with zero attached hydrogens (tertiary/aromatic N) is 1. The Balaban J connectivity index is 1.88. The molecule has 0 bridgehead atoms. The molecule has 90 valence electrons. The molecule has 4 nitrogen and oxygen atoms in total. The molecule has 0 amide bonds. The quantitative estimate of drug-likeness (QED) is 0.550. The summed E-state index contributed by atoms with van der Waals surface area (Å²) in [6.45, 7) is 1.03. The number of fused-ring (bicyclic) bond motifs is 2. The van der Waals surface area contributed by atoms with E-state index >= 15 is 0 Å². The second kappa shape index (κ2) is 4.51. The van der Waals surface area contributed by atoms with Crippen LogP contribution in [0.3, 0.4) is 0 Å². The van der Waals surface area contributed by atoms with Crippen LogP contribution in [0.5, 0.6) is 0 Å². The zero-order chi connectivity index (χ0) is 11.0. The molecule has 0 aliphatic carbocycles. The van der Waals surface area contributed by atoms with Crippen LogP contribution in [-0.2, 0) is 0 Å². The van der Waals surface area contributed by atoms with Crippen LogP contribution < -0.4 is 16.5 Å². The van der Waals surface area contributed by atoms with Gasteiger partial charge >= 0.3 is 0 Å². The van der Waals surface area contributed by atoms with Crippen molar-refractivity contribution in [3.63, 3.8) is 0 Å². The van der Waals surface area contributed by atoms with Crippen molar-refractivity contribution in [2.24, 2.45) is 5.73 Å². The molecule has 1 spiro atoms. The maximum Gasteiger partial charge on any atom is 0.123 e. The molecule has 0 aromatic carbocycles. The molecular formula is C10H18N4S2. The van der Waals surface area contributed by atoms with Crippen LogP contribution >= 0.6 is 23.5 Å². The van der Waals surface area contributed by atoms with E-state index in [1.807, 2.05) is 0 Å². The van der Waals surface area contributed by atoms with Gasteiger partial charge in [0.15, 0.2) is 0 Å². The zero-order valence-corrected chi connectivity index (χ0v) is 10.8. The Morgan fingerprint density at radius 3 is 3.00 bits per heavy atom. The highest BCUT2D eigenvalue weighted by Gasteiger charge is 2.47. The van der Waals surface area contributed by atoms with Gasteiger partial charge in [0.25, 0.3) is 0 Å². The van der Waals surface area contributed by atoms with Gasteiger partial charge in [-0.1, -0.05) is 12.2 Å². The minimum absolute atomic E-state index is 0.100. The maximum atomic E-state index is 5.93. The third-order valence-electron chi connectivity index (χ3n) is 3.17. The molecule has 2 saturated heterocycles. The smallest absolute Gasteiger partial charge is 0.123 e. The molecule has 4 N–H and O–H groups in total. The van der Waals surface area contributed by atoms with E-state index in [9.17, 15) is 0 Å². The number of hydrogen-bond acceptors (Lipinski definition) is 6. The van der Waals surface area contributed by atoms with E-state index in [-0.39, 0.29) is 10.4 Å². The van der Waals surface area contributed by atoms with Crippen LogP contribution in [-0.4, -0.2) is 39.6 Å². The highest BCUT2D eigenvalue weighted by molar-refractivity contribution is 8.19. The van der Waals surface area contributed by atoms with Gasteiger partial charge in [-0.05, 0) is 24.3 Å². The molecule has 0 saturated carbocycles. The summed E-state index contributed by atoms with van der Waals surface area (Å²) in [5, 5.41) is 5.73. The van der Waals surface area contributed by atoms with Gasteiger partial charge in [0.1, 0.15) is 16.5 Å². The molecular weight excluding hydrogens is 240 g/mol. The maximum absolute atomic E-state index is 5.93. The normalized spacial score (nSPS) is 38.6. The zero-order valence-electron chi connectivity index (χ0n) is 9.19. The van der Waals surface area contributed by atoms with E-state index in [1.165, 1.54) is 17.9 Å². The summed E-state index contributed by atoms with van der Waals surface area (Å²) in [7, 11) is 0. The predicted octanol–water partition coefficient (Wildman–Crippen LogP) is 0.491. The lowest BCUT2D eigenvalue weighted by molar-refractivity contribution is 0.181. The van der Waals surface area contributed by atoms with E-state index in [1.54, 1.807) is 0 Å². The topological polar surface area (TPSA) is 53.3 Å². The van der Waals surface area contributed by atoms with E-state index in [2.05, 4.69) is 51.4 Å². The van der Waals surface area contributed by atoms with Crippen molar-refractivity contribution in [2.45, 2.75) is 29.4 Å². The first-order chi connectivity index (χ1) is 7.80. The molecule has 3 heterocycles. The average molecular weight is 258 g/mol. The number of nitrogens with two attached hydrogens (primary N) is 1. The number of thioether (sulfide) groups is 2. The molecule has 3 aliphatic heterocycles. The van der Waals surface area contributed by atoms with Crippen LogP contribution in [0.2, 0.25) is 0 Å². The summed E-state index contributed by atoms with van der Waals surface area (Å²) < 4.78 is 0.149. The van der Waals surface area contributed by atoms with Gasteiger partial charge in [-0.3, -0.25) is 5.32 Å². The lowest BCUT2D eigenvalue weighted by Crippen LogP contribution is -2.52. The Morgan fingerprint density at radius 1 is 1.38 bits per heavy atom. The van der Waals surface area contributed by atoms with Crippen LogP contribution in [0.15, 0.2) is 12.2 Å². The van der Waals surface area contributed by atoms with Crippen molar-refractivity contribution >= 4 is 23.5 Å². The first-order valence-corrected chi connectivity index (χ1v) is 7.77. The summed E-state index contributed by atoms with van der Waals surface area (Å²) in [5.74, 6) is 2.50. The first kappa shape index (κ1) is 11.4. The molecule has 0 aromatic heterocycles. The summed E-state index contributed by atoms with van der Waals surface area (Å²) in [6, 6.07) is 0. The van der Waals surface area contributed by atoms with Gasteiger partial charge < -0.3 is 5.73 Å². The standard InChI is InChI=1S/C10H18N4S2/c11-9-12-8-10(15-6-3-7-16-10)4-1-2-5-14(8)13-9/h1,4,8-9,12-13H,2-3,5-7,11H2. The third-order valence-corrected chi connectivity index (χ3v) is 6.48. The first-order valence-electron chi connectivity index (χ1n) is 5.80. The Hall–Kier alpha value is 0.280. The highest BCUT2D eigenvalue weighted by Crippen LogP contribution is 2.48. The molecule has 3 rings (SSSR count). The number of rotatable bonds is 0. The van der Waals surface area contributed by atoms with Crippen molar-refractivity contribution in [2.75, 3.05) is 18.1 Å². The van der Waals surface area contributed by atoms with Crippen molar-refractivity contribution in [1.82, 2.24) is 15.8 Å². The minimum Gasteiger partial charge on any atom is -0.303 e. The average Bonchev–Trinajstić information content (AvgIpc) is 2.61. The highest BCUT2D eigenvalue weighted by atomic mass is 32.2. The van der Waals surface area contributed by atoms with E-state index in [0.717, 1.165) is 13.0 Å². The van der Waals surface area contributed by atoms with Crippen molar-refractivity contribution in [1.29, 1.82) is 0 Å². The summed E-state index contributed by atoms with van der Waals surface area (Å²) >= 11 is 4.11. The molecule has 2 fully saturated rings. The van der Waals surface area contributed by atoms with E-state index in [4.69, 9.17) is 5.73 Å². The van der Waals surface area contributed by atoms with Crippen molar-refractivity contribution < 1.29 is 0 Å². The Labute approximate surface area is 105 Å². The summed E-state index contributed by atoms with van der Waals surface area (Å²) in [5.41, 5.74) is 9.23. The van der Waals surface area contributed by atoms with E-state index < -0.39 is 0 Å². The molecule has 2 atom stereocenters. The summed E-state index contributed by atoms with van der Waals surface area (Å²) in [6.07, 6.45) is 7.34. The molecule has 0 aromatic rings. The molecule has 0 radical (unpaired) electrons. The number of nitrogens with one attached hydrogen (secondary N) is 2. The molecule has 2 unspecified atom stereocenters. The fraction of sp³-hybridized carbons (Fsp3) is 0.800. The summed E-state index contributed by atoms with van der Waals surface area (Å²) in [4.78, 5) is 0. The van der Waals surface area contributed by atoms with Crippen molar-refractivity contribution in [3.8, 4) is 0 Å². The molecule has 6 heteroatoms. The van der Waals surface area contributed by atoms with Gasteiger partial charge in [0.2, 0.25) is 0 Å². The monoisotopic (exact) mass is 258 g/mol. The Morgan fingerprint density at radius 2 is 2.19 bits per heavy atom. The minimum atomic E-state index is -0.100.